The molecule has 0 aliphatic carbocycles. The number of aromatic nitrogens is 2. The molecule has 184 valence electrons. The molecule has 4 rings (SSSR count). The van der Waals surface area contributed by atoms with E-state index in [0.29, 0.717) is 22.2 Å². The van der Waals surface area contributed by atoms with Crippen molar-refractivity contribution in [1.29, 1.82) is 0 Å². The summed E-state index contributed by atoms with van der Waals surface area (Å²) in [4.78, 5) is 54.0. The maximum atomic E-state index is 13.2. The second kappa shape index (κ2) is 10.00. The van der Waals surface area contributed by atoms with Crippen LogP contribution in [0.4, 0.5) is 17.2 Å². The van der Waals surface area contributed by atoms with Gasteiger partial charge in [-0.15, -0.1) is 0 Å². The molecule has 36 heavy (non-hydrogen) atoms. The molecule has 0 saturated carbocycles. The average Bonchev–Trinajstić information content (AvgIpc) is 2.86. The molecule has 0 bridgehead atoms. The van der Waals surface area contributed by atoms with Crippen LogP contribution in [0.3, 0.4) is 0 Å². The number of carbonyl (C=O) groups is 1. The van der Waals surface area contributed by atoms with Crippen LogP contribution in [0.1, 0.15) is 29.5 Å². The summed E-state index contributed by atoms with van der Waals surface area (Å²) in [5.74, 6) is -0.865. The largest absolute Gasteiger partial charge is 0.466 e. The van der Waals surface area contributed by atoms with E-state index in [1.54, 1.807) is 19.1 Å². The third-order valence-corrected chi connectivity index (χ3v) is 6.53. The SMILES string of the molecule is COC(=O)C1=C(C)Nc2nc(SCc3ccc([N+](=O)[O-])cc3)[nH]c(=O)c2C1c1ccc([N+](=O)[O-])cc1. The number of esters is 1. The number of fused-ring (bicyclic) bond motifs is 1. The molecule has 2 aromatic carbocycles. The molecule has 0 saturated heterocycles. The number of ether oxygens (including phenoxy) is 1. The molecule has 1 atom stereocenters. The van der Waals surface area contributed by atoms with E-state index in [2.05, 4.69) is 15.3 Å². The summed E-state index contributed by atoms with van der Waals surface area (Å²) < 4.78 is 4.94. The maximum Gasteiger partial charge on any atom is 0.336 e. The zero-order valence-corrected chi connectivity index (χ0v) is 19.8. The van der Waals surface area contributed by atoms with E-state index in [0.717, 1.165) is 5.56 Å². The highest BCUT2D eigenvalue weighted by molar-refractivity contribution is 7.98. The molecule has 0 fully saturated rings. The number of non-ortho nitro benzene ring substituents is 2. The number of rotatable bonds is 7. The van der Waals surface area contributed by atoms with E-state index >= 15 is 0 Å². The molecule has 3 aromatic rings. The normalized spacial score (nSPS) is 14.6. The van der Waals surface area contributed by atoms with Crippen molar-refractivity contribution in [2.75, 3.05) is 12.4 Å². The Bertz CT molecular complexity index is 1450. The number of nitrogens with one attached hydrogen (secondary N) is 2. The van der Waals surface area contributed by atoms with E-state index in [9.17, 15) is 29.8 Å². The van der Waals surface area contributed by atoms with Crippen molar-refractivity contribution in [2.24, 2.45) is 0 Å². The lowest BCUT2D eigenvalue weighted by molar-refractivity contribution is -0.385. The molecular weight excluding hydrogens is 490 g/mol. The van der Waals surface area contributed by atoms with Gasteiger partial charge in [0.15, 0.2) is 5.16 Å². The lowest BCUT2D eigenvalue weighted by Gasteiger charge is -2.28. The third-order valence-electron chi connectivity index (χ3n) is 5.59. The molecule has 0 amide bonds. The number of nitro benzene ring substituents is 2. The van der Waals surface area contributed by atoms with Crippen LogP contribution >= 0.6 is 11.8 Å². The van der Waals surface area contributed by atoms with Gasteiger partial charge in [0.25, 0.3) is 16.9 Å². The van der Waals surface area contributed by atoms with Crippen LogP contribution in [0, 0.1) is 20.2 Å². The first kappa shape index (κ1) is 24.6. The molecular formula is C23H19N5O7S. The van der Waals surface area contributed by atoms with Crippen molar-refractivity contribution in [1.82, 2.24) is 9.97 Å². The summed E-state index contributed by atoms with van der Waals surface area (Å²) in [6.45, 7) is 1.65. The van der Waals surface area contributed by atoms with Gasteiger partial charge >= 0.3 is 5.97 Å². The Morgan fingerprint density at radius 2 is 1.64 bits per heavy atom. The number of nitrogens with zero attached hydrogens (tertiary/aromatic N) is 3. The number of benzene rings is 2. The quantitative estimate of drug-likeness (QED) is 0.157. The number of anilines is 1. The van der Waals surface area contributed by atoms with E-state index in [4.69, 9.17) is 4.74 Å². The molecule has 0 radical (unpaired) electrons. The van der Waals surface area contributed by atoms with Gasteiger partial charge < -0.3 is 15.0 Å². The van der Waals surface area contributed by atoms with Crippen LogP contribution in [0.5, 0.6) is 0 Å². The Morgan fingerprint density at radius 1 is 1.06 bits per heavy atom. The lowest BCUT2D eigenvalue weighted by atomic mass is 9.82. The highest BCUT2D eigenvalue weighted by Gasteiger charge is 2.36. The van der Waals surface area contributed by atoms with Gasteiger partial charge in [0.05, 0.1) is 34.0 Å². The second-order valence-electron chi connectivity index (χ2n) is 7.78. The van der Waals surface area contributed by atoms with Crippen LogP contribution in [-0.2, 0) is 15.3 Å². The number of hydrogen-bond acceptors (Lipinski definition) is 10. The van der Waals surface area contributed by atoms with Gasteiger partial charge in [-0.3, -0.25) is 25.0 Å². The third kappa shape index (κ3) is 4.81. The number of hydrogen-bond donors (Lipinski definition) is 2. The first-order valence-corrected chi connectivity index (χ1v) is 11.5. The fourth-order valence-electron chi connectivity index (χ4n) is 3.87. The molecule has 1 unspecified atom stereocenters. The van der Waals surface area contributed by atoms with Crippen molar-refractivity contribution in [3.8, 4) is 0 Å². The van der Waals surface area contributed by atoms with Gasteiger partial charge in [0.2, 0.25) is 0 Å². The highest BCUT2D eigenvalue weighted by Crippen LogP contribution is 2.40. The van der Waals surface area contributed by atoms with Crippen molar-refractivity contribution in [2.45, 2.75) is 23.8 Å². The minimum absolute atomic E-state index is 0.0192. The predicted octanol–water partition coefficient (Wildman–Crippen LogP) is 3.88. The second-order valence-corrected chi connectivity index (χ2v) is 8.75. The van der Waals surface area contributed by atoms with Crippen molar-refractivity contribution < 1.29 is 19.4 Å². The van der Waals surface area contributed by atoms with E-state index in [-0.39, 0.29) is 28.3 Å². The fourth-order valence-corrected chi connectivity index (χ4v) is 4.68. The Morgan fingerprint density at radius 3 is 2.19 bits per heavy atom. The van der Waals surface area contributed by atoms with Crippen molar-refractivity contribution >= 4 is 34.9 Å². The van der Waals surface area contributed by atoms with Gasteiger partial charge in [0, 0.05) is 35.7 Å². The Labute approximate surface area is 207 Å². The molecule has 1 aromatic heterocycles. The Balaban J connectivity index is 1.70. The minimum atomic E-state index is -0.862. The summed E-state index contributed by atoms with van der Waals surface area (Å²) in [7, 11) is 1.23. The number of aromatic amines is 1. The van der Waals surface area contributed by atoms with Gasteiger partial charge in [-0.1, -0.05) is 36.0 Å². The molecule has 12 nitrogen and oxygen atoms in total. The molecule has 2 N–H and O–H groups in total. The van der Waals surface area contributed by atoms with Gasteiger partial charge in [-0.05, 0) is 18.1 Å². The van der Waals surface area contributed by atoms with Gasteiger partial charge in [-0.2, -0.15) is 0 Å². The molecule has 0 spiro atoms. The first-order valence-electron chi connectivity index (χ1n) is 10.5. The molecule has 1 aliphatic rings. The van der Waals surface area contributed by atoms with Crippen LogP contribution in [0.2, 0.25) is 0 Å². The number of nitro groups is 2. The van der Waals surface area contributed by atoms with E-state index < -0.39 is 27.3 Å². The fraction of sp³-hybridized carbons (Fsp3) is 0.174. The van der Waals surface area contributed by atoms with E-state index in [1.165, 1.54) is 55.3 Å². The highest BCUT2D eigenvalue weighted by atomic mass is 32.2. The van der Waals surface area contributed by atoms with Gasteiger partial charge in [-0.25, -0.2) is 9.78 Å². The number of allylic oxidation sites excluding steroid dienone is 1. The lowest BCUT2D eigenvalue weighted by Crippen LogP contribution is -2.31. The van der Waals surface area contributed by atoms with Crippen molar-refractivity contribution in [3.63, 3.8) is 0 Å². The van der Waals surface area contributed by atoms with Crippen LogP contribution < -0.4 is 10.9 Å². The Kier molecular flexibility index (Phi) is 6.83. The van der Waals surface area contributed by atoms with Crippen LogP contribution in [0.25, 0.3) is 0 Å². The topological polar surface area (TPSA) is 170 Å². The minimum Gasteiger partial charge on any atom is -0.466 e. The summed E-state index contributed by atoms with van der Waals surface area (Å²) in [6.07, 6.45) is 0. The number of thioether (sulfide) groups is 1. The standard InChI is InChI=1S/C23H19N5O7S/c1-12-17(22(30)35-2)18(14-5-9-16(10-6-14)28(33)34)19-20(24-12)25-23(26-21(19)29)36-11-13-3-7-15(8-4-13)27(31)32/h3-10,18H,11H2,1-2H3,(H2,24,25,26,29). The molecule has 2 heterocycles. The van der Waals surface area contributed by atoms with Crippen molar-refractivity contribution in [3.05, 3.63) is 107 Å². The van der Waals surface area contributed by atoms with E-state index in [1.807, 2.05) is 0 Å². The summed E-state index contributed by atoms with van der Waals surface area (Å²) in [5, 5.41) is 25.2. The molecule has 1 aliphatic heterocycles. The Hall–Kier alpha value is -4.52. The first-order chi connectivity index (χ1) is 17.2. The molecule has 13 heteroatoms. The number of carbonyl (C=O) groups excluding carboxylic acids is 1. The monoisotopic (exact) mass is 509 g/mol. The predicted molar refractivity (Wildman–Crippen MR) is 131 cm³/mol. The zero-order valence-electron chi connectivity index (χ0n) is 19.0. The van der Waals surface area contributed by atoms with Gasteiger partial charge in [0.1, 0.15) is 5.82 Å². The van der Waals surface area contributed by atoms with Crippen LogP contribution in [0.15, 0.2) is 69.8 Å². The summed E-state index contributed by atoms with van der Waals surface area (Å²) >= 11 is 1.23. The zero-order chi connectivity index (χ0) is 26.0. The number of H-pyrrole nitrogens is 1. The smallest absolute Gasteiger partial charge is 0.336 e. The van der Waals surface area contributed by atoms with Crippen LogP contribution in [-0.4, -0.2) is 32.9 Å². The summed E-state index contributed by atoms with van der Waals surface area (Å²) in [5.41, 5.74) is 1.45. The average molecular weight is 510 g/mol. The number of methoxy groups -OCH3 is 1. The maximum absolute atomic E-state index is 13.2. The summed E-state index contributed by atoms with van der Waals surface area (Å²) in [6, 6.07) is 11.6.